The molecule has 6 nitrogen and oxygen atoms in total. The number of methoxy groups -OCH3 is 1. The number of benzene rings is 1. The van der Waals surface area contributed by atoms with Crippen LogP contribution in [0.3, 0.4) is 0 Å². The van der Waals surface area contributed by atoms with Gasteiger partial charge in [-0.2, -0.15) is 0 Å². The molecule has 1 aliphatic carbocycles. The van der Waals surface area contributed by atoms with Crippen LogP contribution in [0.4, 0.5) is 11.5 Å². The lowest BCUT2D eigenvalue weighted by molar-refractivity contribution is -0.117. The van der Waals surface area contributed by atoms with E-state index >= 15 is 0 Å². The van der Waals surface area contributed by atoms with Crippen molar-refractivity contribution in [3.8, 4) is 5.75 Å². The number of fused-ring (bicyclic) bond motifs is 2. The number of thioether (sulfide) groups is 1. The summed E-state index contributed by atoms with van der Waals surface area (Å²) in [6, 6.07) is 6.13. The fourth-order valence-corrected chi connectivity index (χ4v) is 5.34. The van der Waals surface area contributed by atoms with E-state index in [-0.39, 0.29) is 5.91 Å². The van der Waals surface area contributed by atoms with Crippen molar-refractivity contribution in [2.24, 2.45) is 5.92 Å². The number of amides is 1. The molecule has 5 rings (SSSR count). The highest BCUT2D eigenvalue weighted by Crippen LogP contribution is 2.41. The maximum absolute atomic E-state index is 12.7. The summed E-state index contributed by atoms with van der Waals surface area (Å²) in [5, 5.41) is 3.87. The summed E-state index contributed by atoms with van der Waals surface area (Å²) in [6.07, 6.45) is 8.69. The second-order valence-electron chi connectivity index (χ2n) is 8.44. The summed E-state index contributed by atoms with van der Waals surface area (Å²) in [7, 11) is 1.68. The minimum Gasteiger partial charge on any atom is -0.497 e. The molecule has 0 unspecified atom stereocenters. The Balaban J connectivity index is 1.33. The lowest BCUT2D eigenvalue weighted by atomic mass is 9.86. The number of hydrogen-bond acceptors (Lipinski definition) is 6. The van der Waals surface area contributed by atoms with Crippen molar-refractivity contribution in [3.05, 3.63) is 58.4 Å². The highest BCUT2D eigenvalue weighted by Gasteiger charge is 2.27. The van der Waals surface area contributed by atoms with Gasteiger partial charge in [0.05, 0.1) is 12.7 Å². The molecule has 1 N–H and O–H groups in total. The summed E-state index contributed by atoms with van der Waals surface area (Å²) in [4.78, 5) is 24.5. The first-order valence-electron chi connectivity index (χ1n) is 11.0. The van der Waals surface area contributed by atoms with E-state index in [1.165, 1.54) is 22.9 Å². The van der Waals surface area contributed by atoms with Crippen LogP contribution in [-0.4, -0.2) is 36.1 Å². The van der Waals surface area contributed by atoms with Crippen molar-refractivity contribution in [2.45, 2.75) is 37.1 Å². The summed E-state index contributed by atoms with van der Waals surface area (Å²) in [5.74, 6) is 2.15. The standard InChI is InChI=1S/C25H26N4O2S/c1-16-3-5-17(6-4-16)14-26-24(30)22-10-8-20-23(27-15-28-25(20)32-22)29-12-11-18-13-19(31-2)7-9-21(18)29/h7-9,13,15,17H,1,3-6,11-12,14H2,2H3,(H,26,30). The average molecular weight is 447 g/mol. The van der Waals surface area contributed by atoms with Gasteiger partial charge in [0.15, 0.2) is 0 Å². The van der Waals surface area contributed by atoms with Crippen LogP contribution in [0.2, 0.25) is 0 Å². The molecule has 1 amide bonds. The van der Waals surface area contributed by atoms with Crippen LogP contribution in [0.15, 0.2) is 52.3 Å². The molecule has 1 fully saturated rings. The molecule has 3 heterocycles. The minimum atomic E-state index is -0.0833. The van der Waals surface area contributed by atoms with Crippen LogP contribution in [-0.2, 0) is 11.2 Å². The molecule has 164 valence electrons. The van der Waals surface area contributed by atoms with Crippen molar-refractivity contribution in [2.75, 3.05) is 25.1 Å². The normalized spacial score (nSPS) is 17.6. The number of allylic oxidation sites excluding steroid dienone is 1. The van der Waals surface area contributed by atoms with E-state index in [2.05, 4.69) is 44.6 Å². The molecule has 1 aromatic heterocycles. The summed E-state index contributed by atoms with van der Waals surface area (Å²) in [6.45, 7) is 5.61. The highest BCUT2D eigenvalue weighted by molar-refractivity contribution is 8.04. The maximum Gasteiger partial charge on any atom is 0.266 e. The van der Waals surface area contributed by atoms with Crippen LogP contribution < -0.4 is 15.0 Å². The predicted molar refractivity (Wildman–Crippen MR) is 127 cm³/mol. The molecule has 0 atom stereocenters. The number of aromatic nitrogens is 2. The van der Waals surface area contributed by atoms with Crippen LogP contribution in [0.5, 0.6) is 5.75 Å². The highest BCUT2D eigenvalue weighted by atomic mass is 32.2. The molecular formula is C25H26N4O2S. The molecule has 7 heteroatoms. The van der Waals surface area contributed by atoms with E-state index in [0.29, 0.717) is 17.4 Å². The van der Waals surface area contributed by atoms with Crippen LogP contribution >= 0.6 is 11.8 Å². The third-order valence-corrected chi connectivity index (χ3v) is 7.41. The molecule has 32 heavy (non-hydrogen) atoms. The van der Waals surface area contributed by atoms with Gasteiger partial charge in [0, 0.05) is 18.8 Å². The Kier molecular flexibility index (Phi) is 5.77. The fourth-order valence-electron chi connectivity index (χ4n) is 4.50. The van der Waals surface area contributed by atoms with Gasteiger partial charge in [-0.1, -0.05) is 29.6 Å². The Morgan fingerprint density at radius 1 is 1.31 bits per heavy atom. The van der Waals surface area contributed by atoms with E-state index in [4.69, 9.17) is 4.74 Å². The molecule has 2 aromatic rings. The summed E-state index contributed by atoms with van der Waals surface area (Å²) >= 11 is 1.36. The molecule has 0 radical (unpaired) electrons. The second-order valence-corrected chi connectivity index (χ2v) is 9.43. The number of rotatable bonds is 5. The Bertz CT molecular complexity index is 1140. The molecule has 0 saturated heterocycles. The van der Waals surface area contributed by atoms with Gasteiger partial charge >= 0.3 is 0 Å². The van der Waals surface area contributed by atoms with E-state index in [9.17, 15) is 4.79 Å². The predicted octanol–water partition coefficient (Wildman–Crippen LogP) is 4.64. The first-order valence-corrected chi connectivity index (χ1v) is 11.8. The minimum absolute atomic E-state index is 0.0833. The topological polar surface area (TPSA) is 67.4 Å². The molecule has 1 saturated carbocycles. The van der Waals surface area contributed by atoms with E-state index in [0.717, 1.165) is 66.5 Å². The Morgan fingerprint density at radius 2 is 2.16 bits per heavy atom. The van der Waals surface area contributed by atoms with Gasteiger partial charge in [-0.25, -0.2) is 9.97 Å². The molecule has 0 bridgehead atoms. The van der Waals surface area contributed by atoms with Crippen molar-refractivity contribution in [1.29, 1.82) is 0 Å². The van der Waals surface area contributed by atoms with E-state index in [1.807, 2.05) is 12.1 Å². The van der Waals surface area contributed by atoms with Crippen LogP contribution in [0.25, 0.3) is 6.08 Å². The third-order valence-electron chi connectivity index (χ3n) is 6.38. The number of carbonyl (C=O) groups excluding carboxylic acids is 1. The number of carbonyl (C=O) groups is 1. The smallest absolute Gasteiger partial charge is 0.266 e. The molecule has 2 aliphatic heterocycles. The van der Waals surface area contributed by atoms with Gasteiger partial charge in [0.25, 0.3) is 5.91 Å². The van der Waals surface area contributed by atoms with Crippen molar-refractivity contribution >= 4 is 35.3 Å². The lowest BCUT2D eigenvalue weighted by Crippen LogP contribution is -2.31. The zero-order chi connectivity index (χ0) is 22.1. The van der Waals surface area contributed by atoms with Crippen LogP contribution in [0.1, 0.15) is 36.8 Å². The zero-order valence-electron chi connectivity index (χ0n) is 18.2. The van der Waals surface area contributed by atoms with Crippen molar-refractivity contribution < 1.29 is 9.53 Å². The lowest BCUT2D eigenvalue weighted by Gasteiger charge is -2.24. The van der Waals surface area contributed by atoms with Gasteiger partial charge < -0.3 is 15.0 Å². The average Bonchev–Trinajstić information content (AvgIpc) is 3.25. The molecule has 3 aliphatic rings. The largest absolute Gasteiger partial charge is 0.497 e. The number of anilines is 2. The Morgan fingerprint density at radius 3 is 2.97 bits per heavy atom. The van der Waals surface area contributed by atoms with Gasteiger partial charge in [0.1, 0.15) is 27.8 Å². The van der Waals surface area contributed by atoms with Crippen LogP contribution in [0, 0.1) is 5.92 Å². The van der Waals surface area contributed by atoms with Crippen molar-refractivity contribution in [1.82, 2.24) is 15.3 Å². The SMILES string of the molecule is C=C1CCC(CNC(=O)C2=C=Cc3c(ncnc3N3CCc4cc(OC)ccc43)S2)CC1. The third kappa shape index (κ3) is 4.06. The number of ether oxygens (including phenoxy) is 1. The molecular weight excluding hydrogens is 420 g/mol. The number of nitrogens with one attached hydrogen (secondary N) is 1. The number of nitrogens with zero attached hydrogens (tertiary/aromatic N) is 3. The van der Waals surface area contributed by atoms with Gasteiger partial charge in [-0.15, -0.1) is 0 Å². The Hall–Kier alpha value is -3.02. The van der Waals surface area contributed by atoms with E-state index < -0.39 is 0 Å². The van der Waals surface area contributed by atoms with Crippen molar-refractivity contribution in [3.63, 3.8) is 0 Å². The zero-order valence-corrected chi connectivity index (χ0v) is 19.0. The van der Waals surface area contributed by atoms with Gasteiger partial charge in [-0.3, -0.25) is 4.79 Å². The quantitative estimate of drug-likeness (QED) is 0.410. The first kappa shape index (κ1) is 20.9. The fraction of sp³-hybridized carbons (Fsp3) is 0.360. The van der Waals surface area contributed by atoms with E-state index in [1.54, 1.807) is 13.4 Å². The van der Waals surface area contributed by atoms with Gasteiger partial charge in [-0.05, 0) is 67.9 Å². The summed E-state index contributed by atoms with van der Waals surface area (Å²) in [5.41, 5.74) is 7.78. The monoisotopic (exact) mass is 446 g/mol. The first-order chi connectivity index (χ1) is 15.6. The molecule has 0 spiro atoms. The Labute approximate surface area is 192 Å². The second kappa shape index (κ2) is 8.85. The molecule has 1 aromatic carbocycles. The summed E-state index contributed by atoms with van der Waals surface area (Å²) < 4.78 is 5.36. The maximum atomic E-state index is 12.7. The van der Waals surface area contributed by atoms with Gasteiger partial charge in [0.2, 0.25) is 0 Å². The number of hydrogen-bond donors (Lipinski definition) is 1.